The third-order valence-corrected chi connectivity index (χ3v) is 4.51. The van der Waals surface area contributed by atoms with Gasteiger partial charge in [0.2, 0.25) is 5.88 Å². The molecule has 1 aromatic carbocycles. The molecule has 0 saturated heterocycles. The maximum absolute atomic E-state index is 12.8. The fraction of sp³-hybridized carbons (Fsp3) is 0.273. The smallest absolute Gasteiger partial charge is 0.269 e. The molecule has 0 radical (unpaired) electrons. The zero-order valence-electron chi connectivity index (χ0n) is 15.8. The second-order valence-corrected chi connectivity index (χ2v) is 6.67. The number of carbonyl (C=O) groups excluding carboxylic acids is 1. The van der Waals surface area contributed by atoms with E-state index in [2.05, 4.69) is 22.7 Å². The number of pyridine rings is 1. The Labute approximate surface area is 164 Å². The van der Waals surface area contributed by atoms with E-state index in [1.54, 1.807) is 18.3 Å². The van der Waals surface area contributed by atoms with Gasteiger partial charge in [0.15, 0.2) is 0 Å². The predicted octanol–water partition coefficient (Wildman–Crippen LogP) is 3.94. The number of nitrogens with zero attached hydrogens (tertiary/aromatic N) is 4. The molecular weight excluding hydrogens is 352 g/mol. The van der Waals surface area contributed by atoms with Crippen molar-refractivity contribution in [2.45, 2.75) is 32.2 Å². The van der Waals surface area contributed by atoms with Gasteiger partial charge < -0.3 is 4.74 Å². The van der Waals surface area contributed by atoms with Crippen molar-refractivity contribution in [2.75, 3.05) is 6.61 Å². The topological polar surface area (TPSA) is 78.6 Å². The Bertz CT molecular complexity index is 928. The third kappa shape index (κ3) is 4.63. The molecule has 0 saturated carbocycles. The van der Waals surface area contributed by atoms with Gasteiger partial charge in [-0.2, -0.15) is 10.4 Å². The standard InChI is InChI=1S/C22H22N4O2/c1-16-5-3-7-19(13-16)20-10-11-25-26(20)22(27)17(2)6-4-12-28-21-9-8-18(14-23)15-24-21/h3,5,7-9,11,13,15,20H,2,4,6,10,12H2,1H3. The first-order valence-corrected chi connectivity index (χ1v) is 9.18. The number of amides is 1. The SMILES string of the molecule is C=C(CCCOc1ccc(C#N)cn1)C(=O)N1N=CCC1c1cccc(C)c1. The number of benzene rings is 1. The number of aryl methyl sites for hydroxylation is 1. The second-order valence-electron chi connectivity index (χ2n) is 6.67. The van der Waals surface area contributed by atoms with E-state index in [-0.39, 0.29) is 11.9 Å². The third-order valence-electron chi connectivity index (χ3n) is 4.51. The van der Waals surface area contributed by atoms with Crippen molar-refractivity contribution in [1.29, 1.82) is 5.26 Å². The zero-order chi connectivity index (χ0) is 19.9. The molecule has 1 atom stereocenters. The fourth-order valence-corrected chi connectivity index (χ4v) is 3.03. The average molecular weight is 374 g/mol. The fourth-order valence-electron chi connectivity index (χ4n) is 3.03. The maximum Gasteiger partial charge on any atom is 0.269 e. The van der Waals surface area contributed by atoms with Gasteiger partial charge in [-0.05, 0) is 31.4 Å². The van der Waals surface area contributed by atoms with Crippen molar-refractivity contribution in [3.05, 3.63) is 71.4 Å². The monoisotopic (exact) mass is 374 g/mol. The van der Waals surface area contributed by atoms with E-state index in [1.807, 2.05) is 31.2 Å². The van der Waals surface area contributed by atoms with Gasteiger partial charge in [-0.3, -0.25) is 4.79 Å². The summed E-state index contributed by atoms with van der Waals surface area (Å²) in [5, 5.41) is 14.6. The molecule has 2 aromatic rings. The van der Waals surface area contributed by atoms with Gasteiger partial charge in [0.25, 0.3) is 5.91 Å². The van der Waals surface area contributed by atoms with Crippen molar-refractivity contribution >= 4 is 12.1 Å². The molecule has 0 N–H and O–H groups in total. The van der Waals surface area contributed by atoms with Gasteiger partial charge >= 0.3 is 0 Å². The summed E-state index contributed by atoms with van der Waals surface area (Å²) in [7, 11) is 0. The molecule has 142 valence electrons. The Morgan fingerprint density at radius 1 is 1.39 bits per heavy atom. The van der Waals surface area contributed by atoms with E-state index in [9.17, 15) is 4.79 Å². The number of nitriles is 1. The minimum absolute atomic E-state index is 0.0803. The Morgan fingerprint density at radius 3 is 2.96 bits per heavy atom. The van der Waals surface area contributed by atoms with Crippen LogP contribution in [0.15, 0.2) is 59.8 Å². The molecule has 2 heterocycles. The molecule has 1 amide bonds. The number of hydrogen-bond donors (Lipinski definition) is 0. The average Bonchev–Trinajstić information content (AvgIpc) is 3.21. The Kier molecular flexibility index (Phi) is 6.18. The molecular formula is C22H22N4O2. The lowest BCUT2D eigenvalue weighted by molar-refractivity contribution is -0.129. The molecule has 0 fully saturated rings. The quantitative estimate of drug-likeness (QED) is 0.543. The van der Waals surface area contributed by atoms with E-state index in [4.69, 9.17) is 10.00 Å². The van der Waals surface area contributed by atoms with E-state index >= 15 is 0 Å². The zero-order valence-corrected chi connectivity index (χ0v) is 15.8. The first-order chi connectivity index (χ1) is 13.6. The molecule has 1 aliphatic rings. The number of rotatable bonds is 7. The van der Waals surface area contributed by atoms with Crippen LogP contribution in [0.1, 0.15) is 42.0 Å². The van der Waals surface area contributed by atoms with Crippen LogP contribution in [0.4, 0.5) is 0 Å². The van der Waals surface area contributed by atoms with E-state index in [0.29, 0.717) is 42.9 Å². The first-order valence-electron chi connectivity index (χ1n) is 9.18. The summed E-state index contributed by atoms with van der Waals surface area (Å²) in [5.41, 5.74) is 3.23. The highest BCUT2D eigenvalue weighted by molar-refractivity contribution is 5.94. The van der Waals surface area contributed by atoms with Crippen LogP contribution in [0.25, 0.3) is 0 Å². The largest absolute Gasteiger partial charge is 0.478 e. The van der Waals surface area contributed by atoms with Crippen molar-refractivity contribution in [3.8, 4) is 11.9 Å². The van der Waals surface area contributed by atoms with Crippen LogP contribution < -0.4 is 4.74 Å². The lowest BCUT2D eigenvalue weighted by Gasteiger charge is -2.23. The predicted molar refractivity (Wildman–Crippen MR) is 107 cm³/mol. The highest BCUT2D eigenvalue weighted by Crippen LogP contribution is 2.30. The molecule has 3 rings (SSSR count). The number of aromatic nitrogens is 1. The minimum atomic E-state index is -0.156. The van der Waals surface area contributed by atoms with Crippen molar-refractivity contribution in [3.63, 3.8) is 0 Å². The number of carbonyl (C=O) groups is 1. The summed E-state index contributed by atoms with van der Waals surface area (Å²) >= 11 is 0. The molecule has 0 bridgehead atoms. The molecule has 6 nitrogen and oxygen atoms in total. The van der Waals surface area contributed by atoms with Crippen molar-refractivity contribution in [1.82, 2.24) is 9.99 Å². The van der Waals surface area contributed by atoms with Crippen molar-refractivity contribution < 1.29 is 9.53 Å². The van der Waals surface area contributed by atoms with Crippen molar-refractivity contribution in [2.24, 2.45) is 5.10 Å². The first kappa shape index (κ1) is 19.3. The Balaban J connectivity index is 1.50. The van der Waals surface area contributed by atoms with Gasteiger partial charge in [0.05, 0.1) is 18.2 Å². The van der Waals surface area contributed by atoms with Gasteiger partial charge in [0.1, 0.15) is 6.07 Å². The molecule has 6 heteroatoms. The van der Waals surface area contributed by atoms with Crippen LogP contribution in [0.5, 0.6) is 5.88 Å². The molecule has 1 aliphatic heterocycles. The Hall–Kier alpha value is -3.46. The molecule has 28 heavy (non-hydrogen) atoms. The second kappa shape index (κ2) is 8.96. The van der Waals surface area contributed by atoms with Gasteiger partial charge in [0, 0.05) is 30.5 Å². The van der Waals surface area contributed by atoms with Crippen LogP contribution >= 0.6 is 0 Å². The number of hydrazone groups is 1. The molecule has 1 unspecified atom stereocenters. The van der Waals surface area contributed by atoms with E-state index in [1.165, 1.54) is 11.2 Å². The van der Waals surface area contributed by atoms with Gasteiger partial charge in [-0.25, -0.2) is 9.99 Å². The lowest BCUT2D eigenvalue weighted by atomic mass is 10.0. The maximum atomic E-state index is 12.8. The Morgan fingerprint density at radius 2 is 2.25 bits per heavy atom. The highest BCUT2D eigenvalue weighted by Gasteiger charge is 2.29. The number of hydrogen-bond acceptors (Lipinski definition) is 5. The lowest BCUT2D eigenvalue weighted by Crippen LogP contribution is -2.28. The molecule has 0 spiro atoms. The van der Waals surface area contributed by atoms with Crippen LogP contribution in [-0.2, 0) is 4.79 Å². The van der Waals surface area contributed by atoms with Crippen LogP contribution in [-0.4, -0.2) is 28.7 Å². The minimum Gasteiger partial charge on any atom is -0.478 e. The highest BCUT2D eigenvalue weighted by atomic mass is 16.5. The molecule has 1 aromatic heterocycles. The molecule has 0 aliphatic carbocycles. The summed E-state index contributed by atoms with van der Waals surface area (Å²) in [6, 6.07) is 13.4. The van der Waals surface area contributed by atoms with E-state index < -0.39 is 0 Å². The number of ether oxygens (including phenoxy) is 1. The van der Waals surface area contributed by atoms with E-state index in [0.717, 1.165) is 11.1 Å². The van der Waals surface area contributed by atoms with Crippen LogP contribution in [0.3, 0.4) is 0 Å². The van der Waals surface area contributed by atoms with Gasteiger partial charge in [-0.1, -0.05) is 36.4 Å². The summed E-state index contributed by atoms with van der Waals surface area (Å²) in [5.74, 6) is 0.302. The summed E-state index contributed by atoms with van der Waals surface area (Å²) in [6.45, 7) is 6.39. The van der Waals surface area contributed by atoms with Crippen LogP contribution in [0, 0.1) is 18.3 Å². The van der Waals surface area contributed by atoms with Gasteiger partial charge in [-0.15, -0.1) is 0 Å². The van der Waals surface area contributed by atoms with Crippen LogP contribution in [0.2, 0.25) is 0 Å². The summed E-state index contributed by atoms with van der Waals surface area (Å²) in [6.07, 6.45) is 5.10. The summed E-state index contributed by atoms with van der Waals surface area (Å²) < 4.78 is 5.55. The summed E-state index contributed by atoms with van der Waals surface area (Å²) in [4.78, 5) is 16.8. The normalized spacial score (nSPS) is 15.3.